The maximum atomic E-state index is 12.7. The highest BCUT2D eigenvalue weighted by atomic mass is 16.5. The molecule has 3 unspecified atom stereocenters. The Morgan fingerprint density at radius 1 is 1.38 bits per heavy atom. The first-order chi connectivity index (χ1) is 10.0. The molecule has 1 amide bonds. The van der Waals surface area contributed by atoms with Crippen LogP contribution in [-0.4, -0.2) is 60.8 Å². The summed E-state index contributed by atoms with van der Waals surface area (Å²) < 4.78 is 5.42. The van der Waals surface area contributed by atoms with E-state index in [1.807, 2.05) is 13.8 Å². The van der Waals surface area contributed by atoms with Gasteiger partial charge in [0, 0.05) is 19.1 Å². The van der Waals surface area contributed by atoms with Crippen LogP contribution in [0.15, 0.2) is 0 Å². The molecule has 0 spiro atoms. The molecule has 6 nitrogen and oxygen atoms in total. The van der Waals surface area contributed by atoms with E-state index in [-0.39, 0.29) is 17.9 Å². The minimum Gasteiger partial charge on any atom is -0.481 e. The van der Waals surface area contributed by atoms with Gasteiger partial charge in [-0.05, 0) is 19.4 Å². The summed E-state index contributed by atoms with van der Waals surface area (Å²) in [4.78, 5) is 26.0. The number of hydrogen-bond acceptors (Lipinski definition) is 4. The van der Waals surface area contributed by atoms with Gasteiger partial charge in [-0.1, -0.05) is 20.3 Å². The first kappa shape index (κ1) is 16.2. The third-order valence-corrected chi connectivity index (χ3v) is 4.71. The van der Waals surface area contributed by atoms with E-state index in [1.165, 1.54) is 0 Å². The van der Waals surface area contributed by atoms with Gasteiger partial charge in [0.25, 0.3) is 0 Å². The van der Waals surface area contributed by atoms with E-state index in [1.54, 1.807) is 4.90 Å². The fraction of sp³-hybridized carbons (Fsp3) is 0.867. The predicted octanol–water partition coefficient (Wildman–Crippen LogP) is 0.714. The molecule has 0 saturated carbocycles. The van der Waals surface area contributed by atoms with Crippen LogP contribution in [0.1, 0.15) is 33.1 Å². The zero-order valence-electron chi connectivity index (χ0n) is 12.9. The summed E-state index contributed by atoms with van der Waals surface area (Å²) in [5.41, 5.74) is -0.752. The standard InChI is InChI=1S/C15H26N2O4/c1-3-5-15(14(19)20)6-7-17(10-15)13(18)11-8-21-9-12(11)16-4-2/h11-12,16H,3-10H2,1-2H3,(H,19,20). The van der Waals surface area contributed by atoms with Crippen molar-refractivity contribution in [1.82, 2.24) is 10.2 Å². The van der Waals surface area contributed by atoms with E-state index in [0.29, 0.717) is 39.1 Å². The summed E-state index contributed by atoms with van der Waals surface area (Å²) in [6.45, 7) is 6.66. The summed E-state index contributed by atoms with van der Waals surface area (Å²) >= 11 is 0. The fourth-order valence-corrected chi connectivity index (χ4v) is 3.52. The number of rotatable bonds is 6. The topological polar surface area (TPSA) is 78.9 Å². The number of amides is 1. The number of likely N-dealkylation sites (tertiary alicyclic amines) is 1. The molecule has 6 heteroatoms. The molecule has 2 heterocycles. The van der Waals surface area contributed by atoms with E-state index in [2.05, 4.69) is 5.32 Å². The lowest BCUT2D eigenvalue weighted by Gasteiger charge is -2.27. The van der Waals surface area contributed by atoms with Crippen LogP contribution in [0.3, 0.4) is 0 Å². The molecule has 0 aromatic heterocycles. The second-order valence-electron chi connectivity index (χ2n) is 6.15. The summed E-state index contributed by atoms with van der Waals surface area (Å²) in [7, 11) is 0. The Balaban J connectivity index is 2.03. The normalized spacial score (nSPS) is 32.6. The van der Waals surface area contributed by atoms with Gasteiger partial charge in [-0.3, -0.25) is 9.59 Å². The van der Waals surface area contributed by atoms with Crippen LogP contribution in [0.2, 0.25) is 0 Å². The molecule has 3 atom stereocenters. The Morgan fingerprint density at radius 2 is 2.14 bits per heavy atom. The van der Waals surface area contributed by atoms with Crippen molar-refractivity contribution in [1.29, 1.82) is 0 Å². The third-order valence-electron chi connectivity index (χ3n) is 4.71. The number of nitrogens with one attached hydrogen (secondary N) is 1. The number of carbonyl (C=O) groups is 2. The molecule has 2 rings (SSSR count). The lowest BCUT2D eigenvalue weighted by molar-refractivity contribution is -0.149. The van der Waals surface area contributed by atoms with Crippen molar-refractivity contribution in [3.8, 4) is 0 Å². The maximum Gasteiger partial charge on any atom is 0.311 e. The first-order valence-corrected chi connectivity index (χ1v) is 7.87. The van der Waals surface area contributed by atoms with Gasteiger partial charge in [-0.15, -0.1) is 0 Å². The highest BCUT2D eigenvalue weighted by Crippen LogP contribution is 2.36. The van der Waals surface area contributed by atoms with Crippen molar-refractivity contribution in [2.45, 2.75) is 39.2 Å². The monoisotopic (exact) mass is 298 g/mol. The number of nitrogens with zero attached hydrogens (tertiary/aromatic N) is 1. The van der Waals surface area contributed by atoms with Crippen molar-refractivity contribution in [2.75, 3.05) is 32.8 Å². The van der Waals surface area contributed by atoms with Gasteiger partial charge in [-0.25, -0.2) is 0 Å². The van der Waals surface area contributed by atoms with E-state index in [0.717, 1.165) is 13.0 Å². The zero-order chi connectivity index (χ0) is 15.5. The molecular formula is C15H26N2O4. The average molecular weight is 298 g/mol. The van der Waals surface area contributed by atoms with E-state index < -0.39 is 11.4 Å². The molecule has 0 aromatic rings. The molecule has 2 N–H and O–H groups in total. The third kappa shape index (κ3) is 3.21. The number of carboxylic acids is 1. The zero-order valence-corrected chi connectivity index (χ0v) is 12.9. The molecule has 0 radical (unpaired) electrons. The molecule has 0 aliphatic carbocycles. The quantitative estimate of drug-likeness (QED) is 0.755. The lowest BCUT2D eigenvalue weighted by Crippen LogP contribution is -2.46. The Kier molecular flexibility index (Phi) is 5.22. The van der Waals surface area contributed by atoms with Crippen molar-refractivity contribution in [3.63, 3.8) is 0 Å². The fourth-order valence-electron chi connectivity index (χ4n) is 3.52. The van der Waals surface area contributed by atoms with Crippen LogP contribution >= 0.6 is 0 Å². The Labute approximate surface area is 125 Å². The van der Waals surface area contributed by atoms with Crippen molar-refractivity contribution >= 4 is 11.9 Å². The SMILES string of the molecule is CCCC1(C(=O)O)CCN(C(=O)C2COCC2NCC)C1. The average Bonchev–Trinajstić information content (AvgIpc) is 3.07. The van der Waals surface area contributed by atoms with E-state index >= 15 is 0 Å². The molecule has 2 aliphatic rings. The van der Waals surface area contributed by atoms with Crippen molar-refractivity contribution in [2.24, 2.45) is 11.3 Å². The van der Waals surface area contributed by atoms with Gasteiger partial charge in [0.2, 0.25) is 5.91 Å². The molecule has 2 saturated heterocycles. The summed E-state index contributed by atoms with van der Waals surface area (Å²) in [5.74, 6) is -0.917. The Bertz CT molecular complexity index is 401. The van der Waals surface area contributed by atoms with Gasteiger partial charge in [0.15, 0.2) is 0 Å². The van der Waals surface area contributed by atoms with Crippen LogP contribution in [0.5, 0.6) is 0 Å². The molecule has 21 heavy (non-hydrogen) atoms. The first-order valence-electron chi connectivity index (χ1n) is 7.87. The second kappa shape index (κ2) is 6.75. The molecule has 2 aliphatic heterocycles. The summed E-state index contributed by atoms with van der Waals surface area (Å²) in [6, 6.07) is 0.0495. The van der Waals surface area contributed by atoms with Crippen LogP contribution < -0.4 is 5.32 Å². The molecule has 0 aromatic carbocycles. The second-order valence-corrected chi connectivity index (χ2v) is 6.15. The van der Waals surface area contributed by atoms with Crippen LogP contribution in [0.25, 0.3) is 0 Å². The Hall–Kier alpha value is -1.14. The van der Waals surface area contributed by atoms with Gasteiger partial charge in [-0.2, -0.15) is 0 Å². The van der Waals surface area contributed by atoms with E-state index in [4.69, 9.17) is 4.74 Å². The van der Waals surface area contributed by atoms with Gasteiger partial charge < -0.3 is 20.1 Å². The number of aliphatic carboxylic acids is 1. The van der Waals surface area contributed by atoms with Gasteiger partial charge >= 0.3 is 5.97 Å². The molecule has 0 bridgehead atoms. The number of carbonyl (C=O) groups excluding carboxylic acids is 1. The summed E-state index contributed by atoms with van der Waals surface area (Å²) in [5, 5.41) is 12.8. The molecule has 2 fully saturated rings. The smallest absolute Gasteiger partial charge is 0.311 e. The minimum atomic E-state index is -0.773. The number of hydrogen-bond donors (Lipinski definition) is 2. The predicted molar refractivity (Wildman–Crippen MR) is 77.9 cm³/mol. The highest BCUT2D eigenvalue weighted by molar-refractivity contribution is 5.83. The van der Waals surface area contributed by atoms with Crippen molar-refractivity contribution in [3.05, 3.63) is 0 Å². The number of likely N-dealkylation sites (N-methyl/N-ethyl adjacent to an activating group) is 1. The molecule has 120 valence electrons. The van der Waals surface area contributed by atoms with Crippen LogP contribution in [-0.2, 0) is 14.3 Å². The van der Waals surface area contributed by atoms with Crippen LogP contribution in [0, 0.1) is 11.3 Å². The van der Waals surface area contributed by atoms with Crippen molar-refractivity contribution < 1.29 is 19.4 Å². The summed E-state index contributed by atoms with van der Waals surface area (Å²) in [6.07, 6.45) is 2.01. The molecular weight excluding hydrogens is 272 g/mol. The van der Waals surface area contributed by atoms with Crippen LogP contribution in [0.4, 0.5) is 0 Å². The number of ether oxygens (including phenoxy) is 1. The Morgan fingerprint density at radius 3 is 2.76 bits per heavy atom. The highest BCUT2D eigenvalue weighted by Gasteiger charge is 2.47. The van der Waals surface area contributed by atoms with Gasteiger partial charge in [0.05, 0.1) is 24.5 Å². The minimum absolute atomic E-state index is 0.0395. The largest absolute Gasteiger partial charge is 0.481 e. The lowest BCUT2D eigenvalue weighted by atomic mass is 9.83. The number of carboxylic acid groups (broad SMARTS) is 1. The van der Waals surface area contributed by atoms with Gasteiger partial charge in [0.1, 0.15) is 0 Å². The van der Waals surface area contributed by atoms with E-state index in [9.17, 15) is 14.7 Å². The maximum absolute atomic E-state index is 12.7.